The number of ether oxygens (including phenoxy) is 2. The maximum absolute atomic E-state index is 12.8. The van der Waals surface area contributed by atoms with E-state index in [4.69, 9.17) is 21.7 Å². The normalized spacial score (nSPS) is 16.3. The summed E-state index contributed by atoms with van der Waals surface area (Å²) in [5.74, 6) is 0.855. The summed E-state index contributed by atoms with van der Waals surface area (Å²) in [7, 11) is 3.10. The van der Waals surface area contributed by atoms with Gasteiger partial charge in [0.15, 0.2) is 5.11 Å². The highest BCUT2D eigenvalue weighted by atomic mass is 32.1. The lowest BCUT2D eigenvalue weighted by atomic mass is 9.95. The molecule has 1 aliphatic rings. The first-order valence-corrected chi connectivity index (χ1v) is 14.8. The zero-order chi connectivity index (χ0) is 32.6. The highest BCUT2D eigenvalue weighted by Gasteiger charge is 2.42. The fraction of sp³-hybridized carbons (Fsp3) is 0.303. The monoisotopic (exact) mass is 628 g/mol. The van der Waals surface area contributed by atoms with Crippen LogP contribution in [-0.2, 0) is 4.79 Å². The second-order valence-electron chi connectivity index (χ2n) is 11.9. The number of non-ortho nitro benzene ring substituents is 1. The van der Waals surface area contributed by atoms with Crippen LogP contribution < -0.4 is 25.0 Å². The molecule has 11 nitrogen and oxygen atoms in total. The number of pyridine rings is 1. The molecule has 1 aliphatic heterocycles. The Hall–Kier alpha value is -4.97. The molecule has 2 N–H and O–H groups in total. The predicted octanol–water partition coefficient (Wildman–Crippen LogP) is 6.58. The summed E-state index contributed by atoms with van der Waals surface area (Å²) in [6.45, 7) is 9.46. The average Bonchev–Trinajstić information content (AvgIpc) is 3.51. The van der Waals surface area contributed by atoms with Crippen LogP contribution >= 0.6 is 12.2 Å². The Morgan fingerprint density at radius 1 is 1.04 bits per heavy atom. The van der Waals surface area contributed by atoms with Crippen molar-refractivity contribution in [2.24, 2.45) is 5.41 Å². The highest BCUT2D eigenvalue weighted by molar-refractivity contribution is 7.80. The average molecular weight is 629 g/mol. The van der Waals surface area contributed by atoms with E-state index in [0.29, 0.717) is 28.0 Å². The summed E-state index contributed by atoms with van der Waals surface area (Å²) in [6.07, 6.45) is 1.74. The van der Waals surface area contributed by atoms with Crippen LogP contribution in [0, 0.1) is 29.4 Å². The Bertz CT molecular complexity index is 1780. The van der Waals surface area contributed by atoms with Crippen LogP contribution in [0.4, 0.5) is 17.1 Å². The maximum atomic E-state index is 12.8. The third kappa shape index (κ3) is 5.93. The van der Waals surface area contributed by atoms with Gasteiger partial charge in [0.05, 0.1) is 48.3 Å². The molecule has 12 heteroatoms. The van der Waals surface area contributed by atoms with Crippen molar-refractivity contribution in [2.75, 3.05) is 24.4 Å². The van der Waals surface area contributed by atoms with E-state index in [2.05, 4.69) is 21.7 Å². The van der Waals surface area contributed by atoms with Gasteiger partial charge in [-0.25, -0.2) is 0 Å². The van der Waals surface area contributed by atoms with Crippen LogP contribution in [0.3, 0.4) is 0 Å². The molecule has 234 valence electrons. The molecule has 0 saturated carbocycles. The van der Waals surface area contributed by atoms with Crippen LogP contribution in [0.5, 0.6) is 11.5 Å². The molecule has 0 radical (unpaired) electrons. The molecule has 4 aromatic rings. The van der Waals surface area contributed by atoms with E-state index in [1.165, 1.54) is 12.1 Å². The number of thiocarbonyl (C=S) groups is 1. The maximum Gasteiger partial charge on any atom is 0.271 e. The predicted molar refractivity (Wildman–Crippen MR) is 177 cm³/mol. The molecule has 0 aliphatic carbocycles. The fourth-order valence-electron chi connectivity index (χ4n) is 5.62. The minimum absolute atomic E-state index is 0.0396. The summed E-state index contributed by atoms with van der Waals surface area (Å²) in [5, 5.41) is 18.6. The SMILES string of the molecule is COc1cc(N2C(=S)N[C@H](c3ccccn3)[C@H]2c2cc(C)n(-c3cc([N+](=O)[O-])ccc3OC)c2C)ccc1NC(=O)C(C)(C)C. The molecule has 5 rings (SSSR count). The van der Waals surface area contributed by atoms with Gasteiger partial charge >= 0.3 is 0 Å². The zero-order valence-corrected chi connectivity index (χ0v) is 27.1. The lowest BCUT2D eigenvalue weighted by Gasteiger charge is -2.29. The Kier molecular flexibility index (Phi) is 8.53. The number of rotatable bonds is 8. The fourth-order valence-corrected chi connectivity index (χ4v) is 5.96. The van der Waals surface area contributed by atoms with E-state index >= 15 is 0 Å². The van der Waals surface area contributed by atoms with E-state index in [-0.39, 0.29) is 23.7 Å². The molecular formula is C33H36N6O5S. The number of amides is 1. The van der Waals surface area contributed by atoms with E-state index in [0.717, 1.165) is 28.3 Å². The van der Waals surface area contributed by atoms with Gasteiger partial charge in [0, 0.05) is 46.9 Å². The molecule has 1 amide bonds. The summed E-state index contributed by atoms with van der Waals surface area (Å²) in [4.78, 5) is 30.7. The van der Waals surface area contributed by atoms with Crippen molar-refractivity contribution in [3.05, 3.63) is 99.6 Å². The van der Waals surface area contributed by atoms with Crippen LogP contribution in [0.25, 0.3) is 5.69 Å². The first kappa shape index (κ1) is 31.5. The van der Waals surface area contributed by atoms with E-state index in [9.17, 15) is 14.9 Å². The quantitative estimate of drug-likeness (QED) is 0.127. The van der Waals surface area contributed by atoms with Gasteiger partial charge in [-0.05, 0) is 68.0 Å². The van der Waals surface area contributed by atoms with Crippen LogP contribution in [-0.4, -0.2) is 39.7 Å². The number of nitro benzene ring substituents is 1. The number of benzene rings is 2. The first-order valence-electron chi connectivity index (χ1n) is 14.4. The van der Waals surface area contributed by atoms with Gasteiger partial charge < -0.3 is 29.6 Å². The van der Waals surface area contributed by atoms with Crippen LogP contribution in [0.2, 0.25) is 0 Å². The second-order valence-corrected chi connectivity index (χ2v) is 12.2. The molecule has 2 atom stereocenters. The number of anilines is 2. The summed E-state index contributed by atoms with van der Waals surface area (Å²) in [6, 6.07) is 17.2. The number of carbonyl (C=O) groups excluding carboxylic acids is 1. The topological polar surface area (TPSA) is 124 Å². The van der Waals surface area contributed by atoms with Gasteiger partial charge in [0.1, 0.15) is 11.5 Å². The summed E-state index contributed by atoms with van der Waals surface area (Å²) < 4.78 is 13.3. The zero-order valence-electron chi connectivity index (χ0n) is 26.2. The summed E-state index contributed by atoms with van der Waals surface area (Å²) in [5.41, 5.74) is 4.68. The Labute approximate surface area is 267 Å². The molecule has 0 spiro atoms. The van der Waals surface area contributed by atoms with Gasteiger partial charge in [-0.2, -0.15) is 0 Å². The van der Waals surface area contributed by atoms with Gasteiger partial charge in [-0.15, -0.1) is 0 Å². The third-order valence-electron chi connectivity index (χ3n) is 7.89. The second kappa shape index (κ2) is 12.2. The molecule has 3 heterocycles. The standard InChI is InChI=1S/C33H36N6O5S/c1-19-16-23(20(2)37(19)26-17-22(39(41)42)12-14-27(26)43-6)30-29(25-10-8-9-15-34-25)36-32(45)38(30)21-11-13-24(28(18-21)44-7)35-31(40)33(3,4)5/h8-18,29-30H,1-7H3,(H,35,40)(H,36,45)/t29-,30-/m1/s1. The molecule has 2 aromatic carbocycles. The number of hydrogen-bond acceptors (Lipinski definition) is 7. The Morgan fingerprint density at radius 2 is 1.78 bits per heavy atom. The first-order chi connectivity index (χ1) is 21.3. The number of nitrogens with zero attached hydrogens (tertiary/aromatic N) is 4. The Balaban J connectivity index is 1.66. The van der Waals surface area contributed by atoms with Gasteiger partial charge in [0.2, 0.25) is 5.91 Å². The van der Waals surface area contributed by atoms with Crippen molar-refractivity contribution >= 4 is 40.3 Å². The number of carbonyl (C=O) groups is 1. The molecule has 1 saturated heterocycles. The number of nitrogens with one attached hydrogen (secondary N) is 2. The van der Waals surface area contributed by atoms with Gasteiger partial charge in [-0.1, -0.05) is 26.8 Å². The number of nitro groups is 1. The van der Waals surface area contributed by atoms with Crippen molar-refractivity contribution in [3.8, 4) is 17.2 Å². The lowest BCUT2D eigenvalue weighted by molar-refractivity contribution is -0.384. The van der Waals surface area contributed by atoms with Gasteiger partial charge in [0.25, 0.3) is 5.69 Å². The van der Waals surface area contributed by atoms with Crippen molar-refractivity contribution in [2.45, 2.75) is 46.7 Å². The number of hydrogen-bond donors (Lipinski definition) is 2. The molecular weight excluding hydrogens is 592 g/mol. The molecule has 2 aromatic heterocycles. The van der Waals surface area contributed by atoms with Crippen LogP contribution in [0.1, 0.15) is 55.5 Å². The Morgan fingerprint density at radius 3 is 2.40 bits per heavy atom. The lowest BCUT2D eigenvalue weighted by Crippen LogP contribution is -2.30. The van der Waals surface area contributed by atoms with Gasteiger partial charge in [-0.3, -0.25) is 19.9 Å². The minimum Gasteiger partial charge on any atom is -0.495 e. The molecule has 1 fully saturated rings. The molecule has 0 bridgehead atoms. The summed E-state index contributed by atoms with van der Waals surface area (Å²) >= 11 is 5.94. The number of aromatic nitrogens is 2. The molecule has 0 unspecified atom stereocenters. The van der Waals surface area contributed by atoms with Crippen molar-refractivity contribution in [3.63, 3.8) is 0 Å². The van der Waals surface area contributed by atoms with E-state index in [1.807, 2.05) is 80.5 Å². The highest BCUT2D eigenvalue weighted by Crippen LogP contribution is 2.45. The van der Waals surface area contributed by atoms with Crippen molar-refractivity contribution in [1.29, 1.82) is 0 Å². The van der Waals surface area contributed by atoms with E-state index in [1.54, 1.807) is 26.5 Å². The number of methoxy groups -OCH3 is 2. The molecule has 45 heavy (non-hydrogen) atoms. The van der Waals surface area contributed by atoms with Crippen molar-refractivity contribution < 1.29 is 19.2 Å². The number of aryl methyl sites for hydroxylation is 1. The van der Waals surface area contributed by atoms with E-state index < -0.39 is 10.3 Å². The van der Waals surface area contributed by atoms with Crippen molar-refractivity contribution in [1.82, 2.24) is 14.9 Å². The van der Waals surface area contributed by atoms with Crippen LogP contribution in [0.15, 0.2) is 66.9 Å². The minimum atomic E-state index is -0.588. The largest absolute Gasteiger partial charge is 0.495 e. The third-order valence-corrected chi connectivity index (χ3v) is 8.21. The smallest absolute Gasteiger partial charge is 0.271 e.